The van der Waals surface area contributed by atoms with Crippen LogP contribution in [0.15, 0.2) is 12.3 Å². The molecule has 1 fully saturated rings. The van der Waals surface area contributed by atoms with Crippen molar-refractivity contribution in [2.45, 2.75) is 13.3 Å². The number of carbonyl (C=O) groups is 2. The molecular formula is C14H16N4O2S. The summed E-state index contributed by atoms with van der Waals surface area (Å²) in [5.41, 5.74) is 7.61. The number of aryl methyl sites for hydroxylation is 1. The van der Waals surface area contributed by atoms with E-state index in [-0.39, 0.29) is 18.4 Å². The van der Waals surface area contributed by atoms with Crippen LogP contribution in [0.5, 0.6) is 0 Å². The van der Waals surface area contributed by atoms with Crippen LogP contribution in [0.1, 0.15) is 21.7 Å². The van der Waals surface area contributed by atoms with Gasteiger partial charge in [-0.25, -0.2) is 4.98 Å². The van der Waals surface area contributed by atoms with Gasteiger partial charge >= 0.3 is 0 Å². The van der Waals surface area contributed by atoms with E-state index in [0.717, 1.165) is 22.2 Å². The molecule has 2 aromatic rings. The molecule has 0 aromatic carbocycles. The second-order valence-corrected chi connectivity index (χ2v) is 6.08. The minimum absolute atomic E-state index is 0.0823. The molecule has 2 amide bonds. The lowest BCUT2D eigenvalue weighted by molar-refractivity contribution is -0.121. The van der Waals surface area contributed by atoms with Crippen LogP contribution >= 0.6 is 11.3 Å². The number of amides is 2. The van der Waals surface area contributed by atoms with Crippen molar-refractivity contribution >= 4 is 39.1 Å². The van der Waals surface area contributed by atoms with Crippen molar-refractivity contribution in [3.63, 3.8) is 0 Å². The number of pyridine rings is 1. The standard InChI is InChI=1S/C14H16N4O2S/c1-8-3-5-17-13-10(8)11(15)12(21-13)14(20)18-6-2-4-16-9(19)7-18/h3,5H,2,4,6-7,15H2,1H3,(H,16,19). The highest BCUT2D eigenvalue weighted by atomic mass is 32.1. The van der Waals surface area contributed by atoms with Gasteiger partial charge in [0.05, 0.1) is 12.2 Å². The number of nitrogens with two attached hydrogens (primary N) is 1. The van der Waals surface area contributed by atoms with Crippen LogP contribution < -0.4 is 11.1 Å². The molecule has 0 atom stereocenters. The van der Waals surface area contributed by atoms with Crippen molar-refractivity contribution in [3.05, 3.63) is 22.7 Å². The van der Waals surface area contributed by atoms with Gasteiger partial charge in [-0.05, 0) is 25.0 Å². The lowest BCUT2D eigenvalue weighted by Gasteiger charge is -2.18. The van der Waals surface area contributed by atoms with E-state index < -0.39 is 0 Å². The number of nitrogens with one attached hydrogen (secondary N) is 1. The number of hydrogen-bond donors (Lipinski definition) is 2. The molecule has 3 rings (SSSR count). The number of carbonyl (C=O) groups excluding carboxylic acids is 2. The third-order valence-electron chi connectivity index (χ3n) is 3.58. The van der Waals surface area contributed by atoms with Crippen molar-refractivity contribution < 1.29 is 9.59 Å². The number of rotatable bonds is 1. The van der Waals surface area contributed by atoms with Crippen LogP contribution in [0.25, 0.3) is 10.2 Å². The third-order valence-corrected chi connectivity index (χ3v) is 4.68. The highest BCUT2D eigenvalue weighted by Gasteiger charge is 2.25. The second-order valence-electron chi connectivity index (χ2n) is 5.08. The maximum Gasteiger partial charge on any atom is 0.266 e. The van der Waals surface area contributed by atoms with E-state index in [2.05, 4.69) is 10.3 Å². The average molecular weight is 304 g/mol. The van der Waals surface area contributed by atoms with Crippen molar-refractivity contribution in [1.29, 1.82) is 0 Å². The summed E-state index contributed by atoms with van der Waals surface area (Å²) in [5, 5.41) is 3.60. The summed E-state index contributed by atoms with van der Waals surface area (Å²) >= 11 is 1.29. The van der Waals surface area contributed by atoms with E-state index in [1.165, 1.54) is 11.3 Å². The molecule has 0 aliphatic carbocycles. The molecule has 0 unspecified atom stereocenters. The number of nitrogens with zero attached hydrogens (tertiary/aromatic N) is 2. The van der Waals surface area contributed by atoms with Crippen molar-refractivity contribution in [2.75, 3.05) is 25.4 Å². The van der Waals surface area contributed by atoms with Gasteiger partial charge in [0, 0.05) is 24.7 Å². The quantitative estimate of drug-likeness (QED) is 0.827. The van der Waals surface area contributed by atoms with Crippen LogP contribution in [0.3, 0.4) is 0 Å². The molecular weight excluding hydrogens is 288 g/mol. The van der Waals surface area contributed by atoms with Gasteiger partial charge < -0.3 is 16.0 Å². The first-order valence-corrected chi connectivity index (χ1v) is 7.59. The van der Waals surface area contributed by atoms with E-state index in [9.17, 15) is 9.59 Å². The SMILES string of the molecule is Cc1ccnc2sc(C(=O)N3CCCNC(=O)C3)c(N)c12. The lowest BCUT2D eigenvalue weighted by Crippen LogP contribution is -2.37. The Labute approximate surface area is 125 Å². The number of anilines is 1. The van der Waals surface area contributed by atoms with Crippen molar-refractivity contribution in [3.8, 4) is 0 Å². The Morgan fingerprint density at radius 3 is 3.10 bits per heavy atom. The second kappa shape index (κ2) is 5.33. The Bertz CT molecular complexity index is 725. The highest BCUT2D eigenvalue weighted by Crippen LogP contribution is 2.35. The molecule has 0 saturated carbocycles. The number of thiophene rings is 1. The summed E-state index contributed by atoms with van der Waals surface area (Å²) in [5.74, 6) is -0.318. The lowest BCUT2D eigenvalue weighted by atomic mass is 10.1. The Morgan fingerprint density at radius 2 is 2.33 bits per heavy atom. The summed E-state index contributed by atoms with van der Waals surface area (Å²) in [6.07, 6.45) is 2.46. The fourth-order valence-electron chi connectivity index (χ4n) is 2.49. The third kappa shape index (κ3) is 2.44. The predicted molar refractivity (Wildman–Crippen MR) is 82.3 cm³/mol. The molecule has 2 aromatic heterocycles. The molecule has 1 aliphatic heterocycles. The molecule has 1 aliphatic rings. The maximum absolute atomic E-state index is 12.6. The Kier molecular flexibility index (Phi) is 3.50. The van der Waals surface area contributed by atoms with E-state index in [0.29, 0.717) is 23.7 Å². The Morgan fingerprint density at radius 1 is 1.52 bits per heavy atom. The fourth-order valence-corrected chi connectivity index (χ4v) is 3.59. The van der Waals surface area contributed by atoms with Crippen LogP contribution in [-0.4, -0.2) is 41.3 Å². The molecule has 6 nitrogen and oxygen atoms in total. The van der Waals surface area contributed by atoms with E-state index in [1.807, 2.05) is 13.0 Å². The van der Waals surface area contributed by atoms with Gasteiger partial charge in [0.25, 0.3) is 5.91 Å². The molecule has 7 heteroatoms. The number of aromatic nitrogens is 1. The van der Waals surface area contributed by atoms with Gasteiger partial charge in [0.1, 0.15) is 9.71 Å². The molecule has 0 radical (unpaired) electrons. The summed E-state index contributed by atoms with van der Waals surface area (Å²) in [4.78, 5) is 31.3. The number of hydrogen-bond acceptors (Lipinski definition) is 5. The van der Waals surface area contributed by atoms with Gasteiger partial charge in [0.15, 0.2) is 0 Å². The fraction of sp³-hybridized carbons (Fsp3) is 0.357. The summed E-state index contributed by atoms with van der Waals surface area (Å²) in [7, 11) is 0. The van der Waals surface area contributed by atoms with Crippen molar-refractivity contribution in [1.82, 2.24) is 15.2 Å². The van der Waals surface area contributed by atoms with Gasteiger partial charge in [0.2, 0.25) is 5.91 Å². The maximum atomic E-state index is 12.6. The van der Waals surface area contributed by atoms with Crippen LogP contribution in [0.2, 0.25) is 0 Å². The zero-order valence-electron chi connectivity index (χ0n) is 11.7. The first kappa shape index (κ1) is 13.8. The normalized spacial score (nSPS) is 15.9. The molecule has 1 saturated heterocycles. The monoisotopic (exact) mass is 304 g/mol. The van der Waals surface area contributed by atoms with E-state index in [1.54, 1.807) is 11.1 Å². The molecule has 110 valence electrons. The van der Waals surface area contributed by atoms with Gasteiger partial charge in [-0.3, -0.25) is 9.59 Å². The minimum Gasteiger partial charge on any atom is -0.397 e. The van der Waals surface area contributed by atoms with Crippen LogP contribution in [0.4, 0.5) is 5.69 Å². The Hall–Kier alpha value is -2.15. The Balaban J connectivity index is 1.99. The van der Waals surface area contributed by atoms with Crippen molar-refractivity contribution in [2.24, 2.45) is 0 Å². The largest absolute Gasteiger partial charge is 0.397 e. The van der Waals surface area contributed by atoms with E-state index >= 15 is 0 Å². The zero-order valence-corrected chi connectivity index (χ0v) is 12.5. The topological polar surface area (TPSA) is 88.3 Å². The van der Waals surface area contributed by atoms with Gasteiger partial charge in [-0.2, -0.15) is 0 Å². The first-order valence-electron chi connectivity index (χ1n) is 6.77. The van der Waals surface area contributed by atoms with E-state index in [4.69, 9.17) is 5.73 Å². The first-order chi connectivity index (χ1) is 10.1. The zero-order chi connectivity index (χ0) is 15.0. The predicted octanol–water partition coefficient (Wildman–Crippen LogP) is 1.15. The number of nitrogen functional groups attached to an aromatic ring is 1. The van der Waals surface area contributed by atoms with Gasteiger partial charge in [-0.1, -0.05) is 0 Å². The van der Waals surface area contributed by atoms with Gasteiger partial charge in [-0.15, -0.1) is 11.3 Å². The summed E-state index contributed by atoms with van der Waals surface area (Å²) in [6.45, 7) is 3.18. The smallest absolute Gasteiger partial charge is 0.266 e. The minimum atomic E-state index is -0.188. The molecule has 0 bridgehead atoms. The average Bonchev–Trinajstić information content (AvgIpc) is 2.65. The molecule has 3 heterocycles. The number of fused-ring (bicyclic) bond motifs is 1. The summed E-state index contributed by atoms with van der Waals surface area (Å²) in [6, 6.07) is 1.87. The molecule has 0 spiro atoms. The highest BCUT2D eigenvalue weighted by molar-refractivity contribution is 7.21. The summed E-state index contributed by atoms with van der Waals surface area (Å²) < 4.78 is 0. The van der Waals surface area contributed by atoms with Crippen LogP contribution in [0, 0.1) is 6.92 Å². The molecule has 3 N–H and O–H groups in total. The molecule has 21 heavy (non-hydrogen) atoms. The van der Waals surface area contributed by atoms with Crippen LogP contribution in [-0.2, 0) is 4.79 Å².